The van der Waals surface area contributed by atoms with Crippen molar-refractivity contribution in [2.45, 2.75) is 43.4 Å². The minimum Gasteiger partial charge on any atom is -0.480 e. The van der Waals surface area contributed by atoms with E-state index in [4.69, 9.17) is 21.3 Å². The number of thioether (sulfide) groups is 1. The number of aliphatic carboxylic acids is 1. The molecular weight excluding hydrogens is 376 g/mol. The smallest absolute Gasteiger partial charge is 0.320 e. The average molecular weight is 398 g/mol. The molecule has 3 heterocycles. The third-order valence-electron chi connectivity index (χ3n) is 4.44. The number of aromatic nitrogens is 4. The Balaban J connectivity index is 1.57. The normalized spacial score (nSPS) is 26.5. The van der Waals surface area contributed by atoms with Crippen molar-refractivity contribution in [1.29, 1.82) is 0 Å². The van der Waals surface area contributed by atoms with Crippen LogP contribution < -0.4 is 11.5 Å². The Labute approximate surface area is 158 Å². The number of rotatable bonds is 8. The van der Waals surface area contributed by atoms with Crippen LogP contribution in [0.2, 0.25) is 0 Å². The van der Waals surface area contributed by atoms with Gasteiger partial charge in [-0.3, -0.25) is 9.36 Å². The number of carboxylic acid groups (broad SMARTS) is 1. The largest absolute Gasteiger partial charge is 0.480 e. The van der Waals surface area contributed by atoms with Crippen LogP contribution in [-0.2, 0) is 9.53 Å². The van der Waals surface area contributed by atoms with Gasteiger partial charge in [-0.05, 0) is 24.3 Å². The number of hydrogen-bond donors (Lipinski definition) is 5. The van der Waals surface area contributed by atoms with Gasteiger partial charge in [-0.25, -0.2) is 15.0 Å². The molecule has 5 unspecified atom stereocenters. The molecule has 1 saturated heterocycles. The number of carbonyl (C=O) groups is 1. The number of aliphatic hydroxyl groups excluding tert-OH is 2. The molecule has 5 atom stereocenters. The second kappa shape index (κ2) is 8.35. The fourth-order valence-electron chi connectivity index (χ4n) is 2.89. The number of carboxylic acids is 1. The van der Waals surface area contributed by atoms with Gasteiger partial charge in [0.25, 0.3) is 0 Å². The molecule has 2 aromatic rings. The Morgan fingerprint density at radius 3 is 2.81 bits per heavy atom. The summed E-state index contributed by atoms with van der Waals surface area (Å²) >= 11 is 1.52. The van der Waals surface area contributed by atoms with E-state index in [2.05, 4.69) is 15.0 Å². The lowest BCUT2D eigenvalue weighted by Crippen LogP contribution is -2.32. The molecule has 0 bridgehead atoms. The highest BCUT2D eigenvalue weighted by Crippen LogP contribution is 2.33. The van der Waals surface area contributed by atoms with Gasteiger partial charge in [0.1, 0.15) is 30.1 Å². The molecule has 2 aromatic heterocycles. The monoisotopic (exact) mass is 398 g/mol. The van der Waals surface area contributed by atoms with Gasteiger partial charge < -0.3 is 31.5 Å². The SMILES string of the molecule is Nc1ncnc2c1ncn2C1OC(CCSCCC(N)C(=O)O)C(O)C1O. The minimum atomic E-state index is -1.14. The summed E-state index contributed by atoms with van der Waals surface area (Å²) in [5.41, 5.74) is 12.0. The molecular formula is C15H22N6O5S. The molecule has 27 heavy (non-hydrogen) atoms. The standard InChI is InChI=1S/C15H22N6O5S/c16-7(15(24)25)1-3-27-4-2-8-10(22)11(23)14(26-8)21-6-20-9-12(17)18-5-19-13(9)21/h5-8,10-11,14,22-23H,1-4,16H2,(H,24,25)(H2,17,18,19). The number of nitrogens with two attached hydrogens (primary N) is 2. The van der Waals surface area contributed by atoms with Crippen molar-refractivity contribution in [3.63, 3.8) is 0 Å². The Morgan fingerprint density at radius 1 is 1.30 bits per heavy atom. The highest BCUT2D eigenvalue weighted by Gasteiger charge is 2.43. The Hall–Kier alpha value is -1.99. The van der Waals surface area contributed by atoms with Crippen LogP contribution in [0.4, 0.5) is 5.82 Å². The van der Waals surface area contributed by atoms with Gasteiger partial charge in [-0.1, -0.05) is 0 Å². The van der Waals surface area contributed by atoms with E-state index in [1.54, 1.807) is 0 Å². The van der Waals surface area contributed by atoms with Crippen molar-refractivity contribution in [2.24, 2.45) is 5.73 Å². The van der Waals surface area contributed by atoms with E-state index in [1.807, 2.05) is 0 Å². The molecule has 11 nitrogen and oxygen atoms in total. The summed E-state index contributed by atoms with van der Waals surface area (Å²) in [6.45, 7) is 0. The third kappa shape index (κ3) is 4.14. The zero-order chi connectivity index (χ0) is 19.6. The summed E-state index contributed by atoms with van der Waals surface area (Å²) in [7, 11) is 0. The van der Waals surface area contributed by atoms with Crippen LogP contribution in [-0.4, -0.2) is 76.7 Å². The van der Waals surface area contributed by atoms with E-state index >= 15 is 0 Å². The number of nitrogens with zero attached hydrogens (tertiary/aromatic N) is 4. The quantitative estimate of drug-likeness (QED) is 0.342. The van der Waals surface area contributed by atoms with Crippen molar-refractivity contribution in [3.8, 4) is 0 Å². The van der Waals surface area contributed by atoms with E-state index in [0.29, 0.717) is 35.5 Å². The third-order valence-corrected chi connectivity index (χ3v) is 5.48. The van der Waals surface area contributed by atoms with Gasteiger partial charge in [-0.15, -0.1) is 0 Å². The van der Waals surface area contributed by atoms with Crippen LogP contribution in [0.3, 0.4) is 0 Å². The number of aliphatic hydroxyl groups is 2. The second-order valence-electron chi connectivity index (χ2n) is 6.26. The van der Waals surface area contributed by atoms with Gasteiger partial charge >= 0.3 is 5.97 Å². The van der Waals surface area contributed by atoms with Crippen molar-refractivity contribution in [2.75, 3.05) is 17.2 Å². The molecule has 0 amide bonds. The molecule has 1 aliphatic rings. The van der Waals surface area contributed by atoms with E-state index in [9.17, 15) is 15.0 Å². The van der Waals surface area contributed by atoms with Crippen LogP contribution in [0.15, 0.2) is 12.7 Å². The fourth-order valence-corrected chi connectivity index (χ4v) is 3.91. The number of anilines is 1. The fraction of sp³-hybridized carbons (Fsp3) is 0.600. The predicted octanol–water partition coefficient (Wildman–Crippen LogP) is -1.05. The number of imidazole rings is 1. The number of nitrogen functional groups attached to an aromatic ring is 1. The summed E-state index contributed by atoms with van der Waals surface area (Å²) in [4.78, 5) is 22.8. The summed E-state index contributed by atoms with van der Waals surface area (Å²) in [6.07, 6.45) is -0.0171. The summed E-state index contributed by atoms with van der Waals surface area (Å²) in [5, 5.41) is 29.4. The lowest BCUT2D eigenvalue weighted by atomic mass is 10.1. The first kappa shape index (κ1) is 19.8. The number of hydrogen-bond acceptors (Lipinski definition) is 10. The molecule has 7 N–H and O–H groups in total. The van der Waals surface area contributed by atoms with Crippen LogP contribution in [0.5, 0.6) is 0 Å². The van der Waals surface area contributed by atoms with Crippen LogP contribution in [0.25, 0.3) is 11.2 Å². The first-order chi connectivity index (χ1) is 12.9. The first-order valence-corrected chi connectivity index (χ1v) is 9.56. The molecule has 0 saturated carbocycles. The van der Waals surface area contributed by atoms with E-state index in [1.165, 1.54) is 29.0 Å². The lowest BCUT2D eigenvalue weighted by Gasteiger charge is -2.16. The minimum absolute atomic E-state index is 0.222. The van der Waals surface area contributed by atoms with Gasteiger partial charge in [0, 0.05) is 0 Å². The van der Waals surface area contributed by atoms with Gasteiger partial charge in [0.05, 0.1) is 12.4 Å². The molecule has 0 spiro atoms. The van der Waals surface area contributed by atoms with E-state index in [-0.39, 0.29) is 5.82 Å². The molecule has 3 rings (SSSR count). The highest BCUT2D eigenvalue weighted by molar-refractivity contribution is 7.99. The summed E-state index contributed by atoms with van der Waals surface area (Å²) in [5.74, 6) is 0.421. The number of fused-ring (bicyclic) bond motifs is 1. The Bertz CT molecular complexity index is 804. The van der Waals surface area contributed by atoms with Crippen molar-refractivity contribution >= 4 is 34.7 Å². The summed E-state index contributed by atoms with van der Waals surface area (Å²) < 4.78 is 7.36. The Kier molecular flexibility index (Phi) is 6.11. The molecule has 0 aliphatic carbocycles. The van der Waals surface area contributed by atoms with Crippen LogP contribution in [0, 0.1) is 0 Å². The first-order valence-electron chi connectivity index (χ1n) is 8.41. The van der Waals surface area contributed by atoms with Crippen molar-refractivity contribution < 1.29 is 24.9 Å². The molecule has 0 radical (unpaired) electrons. The summed E-state index contributed by atoms with van der Waals surface area (Å²) in [6, 6.07) is -0.874. The number of ether oxygens (including phenoxy) is 1. The highest BCUT2D eigenvalue weighted by atomic mass is 32.2. The topological polar surface area (TPSA) is 183 Å². The molecule has 148 valence electrons. The zero-order valence-electron chi connectivity index (χ0n) is 14.4. The van der Waals surface area contributed by atoms with Gasteiger partial charge in [0.15, 0.2) is 17.7 Å². The van der Waals surface area contributed by atoms with Crippen molar-refractivity contribution in [1.82, 2.24) is 19.5 Å². The van der Waals surface area contributed by atoms with E-state index in [0.717, 1.165) is 0 Å². The molecule has 1 fully saturated rings. The molecule has 12 heteroatoms. The molecule has 1 aliphatic heterocycles. The van der Waals surface area contributed by atoms with Gasteiger partial charge in [-0.2, -0.15) is 11.8 Å². The maximum atomic E-state index is 10.7. The second-order valence-corrected chi connectivity index (χ2v) is 7.49. The maximum absolute atomic E-state index is 10.7. The zero-order valence-corrected chi connectivity index (χ0v) is 15.2. The van der Waals surface area contributed by atoms with Crippen LogP contribution >= 0.6 is 11.8 Å². The Morgan fingerprint density at radius 2 is 2.07 bits per heavy atom. The lowest BCUT2D eigenvalue weighted by molar-refractivity contribution is -0.138. The van der Waals surface area contributed by atoms with E-state index < -0.39 is 36.6 Å². The maximum Gasteiger partial charge on any atom is 0.320 e. The van der Waals surface area contributed by atoms with Crippen molar-refractivity contribution in [3.05, 3.63) is 12.7 Å². The predicted molar refractivity (Wildman–Crippen MR) is 97.8 cm³/mol. The van der Waals surface area contributed by atoms with Crippen LogP contribution in [0.1, 0.15) is 19.1 Å². The average Bonchev–Trinajstić information content (AvgIpc) is 3.18. The van der Waals surface area contributed by atoms with Gasteiger partial charge in [0.2, 0.25) is 0 Å². The molecule has 0 aromatic carbocycles.